The van der Waals surface area contributed by atoms with Gasteiger partial charge in [0.05, 0.1) is 30.9 Å². The second-order valence-corrected chi connectivity index (χ2v) is 12.4. The number of unbranched alkanes of at least 4 members (excludes halogenated alkanes) is 3. The maximum Gasteiger partial charge on any atom is 0.407 e. The van der Waals surface area contributed by atoms with Crippen LogP contribution in [-0.4, -0.2) is 72.7 Å². The summed E-state index contributed by atoms with van der Waals surface area (Å²) in [6.45, 7) is 16.9. The molecule has 3 amide bonds. The molecule has 0 saturated carbocycles. The highest BCUT2D eigenvalue weighted by atomic mass is 16.6. The molecule has 11 nitrogen and oxygen atoms in total. The normalized spacial score (nSPS) is 19.2. The summed E-state index contributed by atoms with van der Waals surface area (Å²) in [6.07, 6.45) is 4.72. The van der Waals surface area contributed by atoms with E-state index in [-0.39, 0.29) is 25.0 Å². The van der Waals surface area contributed by atoms with Crippen LogP contribution in [0.2, 0.25) is 0 Å². The molecule has 0 fully saturated rings. The van der Waals surface area contributed by atoms with Gasteiger partial charge in [0.15, 0.2) is 0 Å². The van der Waals surface area contributed by atoms with Crippen molar-refractivity contribution in [2.24, 2.45) is 0 Å². The first-order chi connectivity index (χ1) is 19.0. The van der Waals surface area contributed by atoms with Gasteiger partial charge in [0.1, 0.15) is 11.2 Å². The minimum atomic E-state index is -0.711. The van der Waals surface area contributed by atoms with E-state index < -0.39 is 47.5 Å². The van der Waals surface area contributed by atoms with Crippen molar-refractivity contribution in [2.75, 3.05) is 13.2 Å². The fraction of sp³-hybridized carbons (Fsp3) is 0.800. The van der Waals surface area contributed by atoms with E-state index in [1.54, 1.807) is 26.8 Å². The molecule has 3 unspecified atom stereocenters. The van der Waals surface area contributed by atoms with E-state index in [0.717, 1.165) is 32.1 Å². The first kappa shape index (κ1) is 36.2. The van der Waals surface area contributed by atoms with Gasteiger partial charge >= 0.3 is 18.2 Å². The minimum Gasteiger partial charge on any atom is -0.462 e. The second kappa shape index (κ2) is 17.2. The van der Waals surface area contributed by atoms with E-state index in [1.165, 1.54) is 6.92 Å². The van der Waals surface area contributed by atoms with Crippen LogP contribution in [0.15, 0.2) is 11.6 Å². The summed E-state index contributed by atoms with van der Waals surface area (Å²) < 4.78 is 22.5. The van der Waals surface area contributed by atoms with Gasteiger partial charge < -0.3 is 34.9 Å². The Hall–Kier alpha value is -2.82. The van der Waals surface area contributed by atoms with Crippen LogP contribution in [0.3, 0.4) is 0 Å². The molecule has 0 aliphatic heterocycles. The smallest absolute Gasteiger partial charge is 0.407 e. The van der Waals surface area contributed by atoms with E-state index in [0.29, 0.717) is 18.5 Å². The Morgan fingerprint density at radius 2 is 1.46 bits per heavy atom. The SMILES string of the molecule is CCC(CC)OC1C=C(C(=O)OCCCCCCNC(=O)OC(C)(C)C)CC(NC(=O)OC(C)(C)C)C1NC(C)=O. The number of nitrogens with one attached hydrogen (secondary N) is 3. The minimum absolute atomic E-state index is 0.0881. The molecular formula is C30H53N3O8. The lowest BCUT2D eigenvalue weighted by Crippen LogP contribution is -2.60. The molecule has 3 N–H and O–H groups in total. The maximum atomic E-state index is 13.0. The van der Waals surface area contributed by atoms with Gasteiger partial charge in [-0.2, -0.15) is 0 Å². The average molecular weight is 584 g/mol. The van der Waals surface area contributed by atoms with Crippen LogP contribution in [0.1, 0.15) is 107 Å². The lowest BCUT2D eigenvalue weighted by molar-refractivity contribution is -0.139. The molecule has 3 atom stereocenters. The Labute approximate surface area is 245 Å². The van der Waals surface area contributed by atoms with Crippen molar-refractivity contribution >= 4 is 24.1 Å². The lowest BCUT2D eigenvalue weighted by Gasteiger charge is -2.38. The molecule has 0 bridgehead atoms. The van der Waals surface area contributed by atoms with Crippen molar-refractivity contribution < 1.29 is 38.1 Å². The molecule has 236 valence electrons. The molecule has 11 heteroatoms. The van der Waals surface area contributed by atoms with Crippen molar-refractivity contribution in [2.45, 2.75) is 143 Å². The fourth-order valence-electron chi connectivity index (χ4n) is 4.30. The van der Waals surface area contributed by atoms with E-state index in [9.17, 15) is 19.2 Å². The summed E-state index contributed by atoms with van der Waals surface area (Å²) in [5.41, 5.74) is -0.861. The molecule has 0 aromatic heterocycles. The molecule has 0 aromatic carbocycles. The maximum absolute atomic E-state index is 13.0. The molecular weight excluding hydrogens is 530 g/mol. The topological polar surface area (TPSA) is 141 Å². The number of esters is 1. The quantitative estimate of drug-likeness (QED) is 0.149. The van der Waals surface area contributed by atoms with Crippen LogP contribution in [0.4, 0.5) is 9.59 Å². The number of carbonyl (C=O) groups excluding carboxylic acids is 4. The number of alkyl carbamates (subject to hydrolysis) is 2. The van der Waals surface area contributed by atoms with E-state index in [1.807, 2.05) is 34.6 Å². The first-order valence-corrected chi connectivity index (χ1v) is 14.8. The monoisotopic (exact) mass is 583 g/mol. The largest absolute Gasteiger partial charge is 0.462 e. The van der Waals surface area contributed by atoms with Crippen LogP contribution >= 0.6 is 0 Å². The molecule has 0 spiro atoms. The number of hydrogen-bond acceptors (Lipinski definition) is 8. The van der Waals surface area contributed by atoms with Crippen molar-refractivity contribution in [3.8, 4) is 0 Å². The molecule has 0 radical (unpaired) electrons. The summed E-state index contributed by atoms with van der Waals surface area (Å²) in [4.78, 5) is 49.4. The summed E-state index contributed by atoms with van der Waals surface area (Å²) in [7, 11) is 0. The predicted octanol–water partition coefficient (Wildman–Crippen LogP) is 4.92. The van der Waals surface area contributed by atoms with Gasteiger partial charge in [0, 0.05) is 25.5 Å². The summed E-state index contributed by atoms with van der Waals surface area (Å²) in [6, 6.07) is -1.23. The molecule has 1 aliphatic carbocycles. The molecule has 0 saturated heterocycles. The third-order valence-electron chi connectivity index (χ3n) is 6.16. The molecule has 0 heterocycles. The van der Waals surface area contributed by atoms with E-state index in [4.69, 9.17) is 18.9 Å². The van der Waals surface area contributed by atoms with Crippen LogP contribution < -0.4 is 16.0 Å². The van der Waals surface area contributed by atoms with Gasteiger partial charge in [0.2, 0.25) is 5.91 Å². The number of rotatable bonds is 14. The second-order valence-electron chi connectivity index (χ2n) is 12.4. The van der Waals surface area contributed by atoms with E-state index >= 15 is 0 Å². The van der Waals surface area contributed by atoms with Crippen molar-refractivity contribution in [1.82, 2.24) is 16.0 Å². The van der Waals surface area contributed by atoms with Crippen LogP contribution in [0, 0.1) is 0 Å². The van der Waals surface area contributed by atoms with Crippen molar-refractivity contribution in [3.05, 3.63) is 11.6 Å². The van der Waals surface area contributed by atoms with Gasteiger partial charge in [-0.05, 0) is 79.7 Å². The van der Waals surface area contributed by atoms with Gasteiger partial charge in [-0.15, -0.1) is 0 Å². The third-order valence-corrected chi connectivity index (χ3v) is 6.16. The van der Waals surface area contributed by atoms with Crippen LogP contribution in [-0.2, 0) is 28.5 Å². The Morgan fingerprint density at radius 1 is 0.878 bits per heavy atom. The summed E-state index contributed by atoms with van der Waals surface area (Å²) in [5, 5.41) is 8.45. The zero-order chi connectivity index (χ0) is 31.2. The highest BCUT2D eigenvalue weighted by Crippen LogP contribution is 2.26. The van der Waals surface area contributed by atoms with Gasteiger partial charge in [0.25, 0.3) is 0 Å². The average Bonchev–Trinajstić information content (AvgIpc) is 2.82. The zero-order valence-corrected chi connectivity index (χ0v) is 26.5. The van der Waals surface area contributed by atoms with Gasteiger partial charge in [-0.1, -0.05) is 20.3 Å². The zero-order valence-electron chi connectivity index (χ0n) is 26.5. The molecule has 41 heavy (non-hydrogen) atoms. The van der Waals surface area contributed by atoms with Gasteiger partial charge in [-0.25, -0.2) is 14.4 Å². The van der Waals surface area contributed by atoms with Crippen LogP contribution in [0.25, 0.3) is 0 Å². The lowest BCUT2D eigenvalue weighted by atomic mass is 9.87. The molecule has 1 aliphatic rings. The first-order valence-electron chi connectivity index (χ1n) is 14.8. The Bertz CT molecular complexity index is 887. The highest BCUT2D eigenvalue weighted by molar-refractivity contribution is 5.89. The standard InChI is InChI=1S/C30H53N3O8/c1-10-22(11-2)39-24-19-21(18-23(25(24)32-20(3)34)33-28(37)41-30(7,8)9)26(35)38-17-15-13-12-14-16-31-27(36)40-29(4,5)6/h19,22-25H,10-18H2,1-9H3,(H,31,36)(H,32,34)(H,33,37). The Morgan fingerprint density at radius 3 is 2.02 bits per heavy atom. The van der Waals surface area contributed by atoms with Crippen molar-refractivity contribution in [3.63, 3.8) is 0 Å². The van der Waals surface area contributed by atoms with E-state index in [2.05, 4.69) is 16.0 Å². The highest BCUT2D eigenvalue weighted by Gasteiger charge is 2.39. The third kappa shape index (κ3) is 15.7. The number of amides is 3. The van der Waals surface area contributed by atoms with Gasteiger partial charge in [-0.3, -0.25) is 4.79 Å². The number of hydrogen-bond donors (Lipinski definition) is 3. The Kier molecular flexibility index (Phi) is 15.2. The number of ether oxygens (including phenoxy) is 4. The van der Waals surface area contributed by atoms with Crippen LogP contribution in [0.5, 0.6) is 0 Å². The number of carbonyl (C=O) groups is 4. The summed E-state index contributed by atoms with van der Waals surface area (Å²) in [5.74, 6) is -0.753. The molecule has 0 aromatic rings. The Balaban J connectivity index is 2.78. The fourth-order valence-corrected chi connectivity index (χ4v) is 4.30. The predicted molar refractivity (Wildman–Crippen MR) is 156 cm³/mol. The summed E-state index contributed by atoms with van der Waals surface area (Å²) >= 11 is 0. The van der Waals surface area contributed by atoms with Crippen molar-refractivity contribution in [1.29, 1.82) is 0 Å². The molecule has 1 rings (SSSR count).